The molecular weight excluding hydrogens is 287 g/mol. The third-order valence-electron chi connectivity index (χ3n) is 2.22. The van der Waals surface area contributed by atoms with Gasteiger partial charge < -0.3 is 10.6 Å². The fourth-order valence-electron chi connectivity index (χ4n) is 1.28. The molecule has 5 heteroatoms. The SMILES string of the molecule is CCCCNC(=O)CNc1cc(Br)ccc1F. The molecule has 94 valence electrons. The zero-order chi connectivity index (χ0) is 12.7. The smallest absolute Gasteiger partial charge is 0.239 e. The first-order chi connectivity index (χ1) is 8.13. The van der Waals surface area contributed by atoms with Crippen LogP contribution in [0.4, 0.5) is 10.1 Å². The maximum Gasteiger partial charge on any atom is 0.239 e. The Kier molecular flexibility index (Phi) is 5.97. The normalized spacial score (nSPS) is 10.1. The number of rotatable bonds is 6. The summed E-state index contributed by atoms with van der Waals surface area (Å²) >= 11 is 3.25. The molecule has 1 rings (SSSR count). The fourth-order valence-corrected chi connectivity index (χ4v) is 1.64. The molecule has 1 aromatic rings. The van der Waals surface area contributed by atoms with Gasteiger partial charge in [-0.3, -0.25) is 4.79 Å². The van der Waals surface area contributed by atoms with Crippen LogP contribution in [0, 0.1) is 5.82 Å². The van der Waals surface area contributed by atoms with Gasteiger partial charge in [0.05, 0.1) is 12.2 Å². The number of benzene rings is 1. The molecule has 0 spiro atoms. The lowest BCUT2D eigenvalue weighted by Crippen LogP contribution is -2.30. The van der Waals surface area contributed by atoms with E-state index in [4.69, 9.17) is 0 Å². The van der Waals surface area contributed by atoms with Crippen LogP contribution in [0.3, 0.4) is 0 Å². The maximum absolute atomic E-state index is 13.3. The minimum atomic E-state index is -0.366. The molecule has 17 heavy (non-hydrogen) atoms. The summed E-state index contributed by atoms with van der Waals surface area (Å²) in [4.78, 5) is 11.4. The van der Waals surface area contributed by atoms with Crippen LogP contribution in [-0.2, 0) is 4.79 Å². The van der Waals surface area contributed by atoms with Crippen LogP contribution >= 0.6 is 15.9 Å². The van der Waals surface area contributed by atoms with E-state index in [1.807, 2.05) is 0 Å². The molecule has 1 amide bonds. The highest BCUT2D eigenvalue weighted by atomic mass is 79.9. The van der Waals surface area contributed by atoms with Gasteiger partial charge >= 0.3 is 0 Å². The van der Waals surface area contributed by atoms with Crippen molar-refractivity contribution in [3.63, 3.8) is 0 Å². The second-order valence-electron chi connectivity index (χ2n) is 3.68. The van der Waals surface area contributed by atoms with Gasteiger partial charge in [-0.2, -0.15) is 0 Å². The Morgan fingerprint density at radius 3 is 2.94 bits per heavy atom. The molecule has 0 saturated heterocycles. The van der Waals surface area contributed by atoms with Crippen molar-refractivity contribution in [1.29, 1.82) is 0 Å². The van der Waals surface area contributed by atoms with E-state index in [1.165, 1.54) is 6.07 Å². The number of hydrogen-bond acceptors (Lipinski definition) is 2. The van der Waals surface area contributed by atoms with Gasteiger partial charge in [-0.25, -0.2) is 4.39 Å². The van der Waals surface area contributed by atoms with Crippen molar-refractivity contribution in [2.24, 2.45) is 0 Å². The summed E-state index contributed by atoms with van der Waals surface area (Å²) in [6, 6.07) is 4.57. The monoisotopic (exact) mass is 302 g/mol. The van der Waals surface area contributed by atoms with Crippen LogP contribution < -0.4 is 10.6 Å². The minimum Gasteiger partial charge on any atom is -0.374 e. The van der Waals surface area contributed by atoms with E-state index in [-0.39, 0.29) is 18.3 Å². The number of hydrogen-bond donors (Lipinski definition) is 2. The number of unbranched alkanes of at least 4 members (excludes halogenated alkanes) is 1. The van der Waals surface area contributed by atoms with E-state index in [0.717, 1.165) is 17.3 Å². The van der Waals surface area contributed by atoms with Crippen LogP contribution in [0.25, 0.3) is 0 Å². The minimum absolute atomic E-state index is 0.0804. The summed E-state index contributed by atoms with van der Waals surface area (Å²) in [7, 11) is 0. The Morgan fingerprint density at radius 2 is 2.24 bits per heavy atom. The molecule has 2 N–H and O–H groups in total. The first-order valence-electron chi connectivity index (χ1n) is 5.59. The highest BCUT2D eigenvalue weighted by Crippen LogP contribution is 2.19. The largest absolute Gasteiger partial charge is 0.374 e. The van der Waals surface area contributed by atoms with Crippen molar-refractivity contribution < 1.29 is 9.18 Å². The van der Waals surface area contributed by atoms with E-state index in [0.29, 0.717) is 12.2 Å². The summed E-state index contributed by atoms with van der Waals surface area (Å²) in [6.45, 7) is 2.80. The van der Waals surface area contributed by atoms with Gasteiger partial charge in [0.1, 0.15) is 5.82 Å². The highest BCUT2D eigenvalue weighted by Gasteiger charge is 2.04. The Balaban J connectivity index is 2.39. The van der Waals surface area contributed by atoms with Crippen molar-refractivity contribution in [3.8, 4) is 0 Å². The number of nitrogens with one attached hydrogen (secondary N) is 2. The first-order valence-corrected chi connectivity index (χ1v) is 6.38. The molecule has 0 aliphatic carbocycles. The van der Waals surface area contributed by atoms with Crippen LogP contribution in [0.1, 0.15) is 19.8 Å². The molecule has 0 saturated carbocycles. The molecule has 0 bridgehead atoms. The summed E-state index contributed by atoms with van der Waals surface area (Å²) in [5, 5.41) is 5.52. The standard InChI is InChI=1S/C12H16BrFN2O/c1-2-3-6-15-12(17)8-16-11-7-9(13)4-5-10(11)14/h4-5,7,16H,2-3,6,8H2,1H3,(H,15,17). The van der Waals surface area contributed by atoms with E-state index in [2.05, 4.69) is 33.5 Å². The van der Waals surface area contributed by atoms with Gasteiger partial charge in [0.25, 0.3) is 0 Å². The van der Waals surface area contributed by atoms with E-state index in [9.17, 15) is 9.18 Å². The molecule has 0 aromatic heterocycles. The molecule has 0 unspecified atom stereocenters. The Morgan fingerprint density at radius 1 is 1.47 bits per heavy atom. The van der Waals surface area contributed by atoms with E-state index in [1.54, 1.807) is 12.1 Å². The molecule has 0 heterocycles. The Hall–Kier alpha value is -1.10. The second kappa shape index (κ2) is 7.27. The summed E-state index contributed by atoms with van der Waals surface area (Å²) in [5.41, 5.74) is 0.324. The van der Waals surface area contributed by atoms with Gasteiger partial charge in [-0.15, -0.1) is 0 Å². The zero-order valence-electron chi connectivity index (χ0n) is 9.72. The van der Waals surface area contributed by atoms with Gasteiger partial charge in [0, 0.05) is 11.0 Å². The Bertz CT molecular complexity index is 385. The number of amides is 1. The van der Waals surface area contributed by atoms with Crippen molar-refractivity contribution in [2.75, 3.05) is 18.4 Å². The number of carbonyl (C=O) groups excluding carboxylic acids is 1. The third kappa shape index (κ3) is 5.17. The number of halogens is 2. The first kappa shape index (κ1) is 14.0. The quantitative estimate of drug-likeness (QED) is 0.793. The number of carbonyl (C=O) groups is 1. The van der Waals surface area contributed by atoms with Crippen molar-refractivity contribution >= 4 is 27.5 Å². The molecular formula is C12H16BrFN2O. The molecule has 0 aliphatic heterocycles. The average molecular weight is 303 g/mol. The topological polar surface area (TPSA) is 41.1 Å². The lowest BCUT2D eigenvalue weighted by Gasteiger charge is -2.08. The van der Waals surface area contributed by atoms with Crippen molar-refractivity contribution in [3.05, 3.63) is 28.5 Å². The van der Waals surface area contributed by atoms with Gasteiger partial charge in [-0.1, -0.05) is 29.3 Å². The zero-order valence-corrected chi connectivity index (χ0v) is 11.3. The van der Waals surface area contributed by atoms with Crippen LogP contribution in [0.15, 0.2) is 22.7 Å². The molecule has 0 fully saturated rings. The third-order valence-corrected chi connectivity index (χ3v) is 2.71. The molecule has 0 radical (unpaired) electrons. The lowest BCUT2D eigenvalue weighted by molar-refractivity contribution is -0.119. The van der Waals surface area contributed by atoms with Crippen LogP contribution in [-0.4, -0.2) is 19.0 Å². The van der Waals surface area contributed by atoms with Gasteiger partial charge in [0.15, 0.2) is 0 Å². The Labute approximate surface area is 109 Å². The lowest BCUT2D eigenvalue weighted by atomic mass is 10.3. The summed E-state index contributed by atoms with van der Waals surface area (Å²) in [6.07, 6.45) is 1.99. The predicted molar refractivity (Wildman–Crippen MR) is 70.5 cm³/mol. The molecule has 3 nitrogen and oxygen atoms in total. The summed E-state index contributed by atoms with van der Waals surface area (Å²) < 4.78 is 14.1. The fraction of sp³-hybridized carbons (Fsp3) is 0.417. The average Bonchev–Trinajstić information content (AvgIpc) is 2.31. The van der Waals surface area contributed by atoms with E-state index >= 15 is 0 Å². The molecule has 1 aromatic carbocycles. The molecule has 0 atom stereocenters. The van der Waals surface area contributed by atoms with Gasteiger partial charge in [-0.05, 0) is 24.6 Å². The van der Waals surface area contributed by atoms with Gasteiger partial charge in [0.2, 0.25) is 5.91 Å². The summed E-state index contributed by atoms with van der Waals surface area (Å²) in [5.74, 6) is -0.493. The maximum atomic E-state index is 13.3. The van der Waals surface area contributed by atoms with E-state index < -0.39 is 0 Å². The number of anilines is 1. The van der Waals surface area contributed by atoms with Crippen LogP contribution in [0.5, 0.6) is 0 Å². The second-order valence-corrected chi connectivity index (χ2v) is 4.60. The van der Waals surface area contributed by atoms with Crippen LogP contribution in [0.2, 0.25) is 0 Å². The van der Waals surface area contributed by atoms with Crippen molar-refractivity contribution in [1.82, 2.24) is 5.32 Å². The van der Waals surface area contributed by atoms with Crippen molar-refractivity contribution in [2.45, 2.75) is 19.8 Å². The highest BCUT2D eigenvalue weighted by molar-refractivity contribution is 9.10. The predicted octanol–water partition coefficient (Wildman–Crippen LogP) is 2.92. The molecule has 0 aliphatic rings.